The predicted octanol–water partition coefficient (Wildman–Crippen LogP) is 4.11. The Morgan fingerprint density at radius 1 is 1.09 bits per heavy atom. The van der Waals surface area contributed by atoms with Crippen molar-refractivity contribution in [2.24, 2.45) is 4.99 Å². The van der Waals surface area contributed by atoms with E-state index in [1.54, 1.807) is 46.4 Å². The summed E-state index contributed by atoms with van der Waals surface area (Å²) in [6, 6.07) is 2.68. The summed E-state index contributed by atoms with van der Waals surface area (Å²) in [5.74, 6) is -1.06. The molecule has 3 rings (SSSR count). The molecule has 1 fully saturated rings. The van der Waals surface area contributed by atoms with Gasteiger partial charge in [-0.15, -0.1) is 4.99 Å². The van der Waals surface area contributed by atoms with Crippen molar-refractivity contribution in [1.29, 1.82) is 0 Å². The summed E-state index contributed by atoms with van der Waals surface area (Å²) in [7, 11) is 1.39. The molecule has 1 spiro atoms. The second-order valence-electron chi connectivity index (χ2n) is 10.4. The standard InChI is InChI=1S/C24H32FN3O7/c1-22(2,3)34-20(30)26-19(27-21(31)35-23(4,5)6)28-10-8-24(9-11-28)17-15(18(29)33-24)12-14(32-7)13-16(17)25/h12-13H,8-11H2,1-7H3,(H,26,27,30,31). The summed E-state index contributed by atoms with van der Waals surface area (Å²) >= 11 is 0. The van der Waals surface area contributed by atoms with E-state index >= 15 is 0 Å². The molecule has 0 unspecified atom stereocenters. The number of carbonyl (C=O) groups is 3. The molecular weight excluding hydrogens is 461 g/mol. The van der Waals surface area contributed by atoms with Gasteiger partial charge < -0.3 is 23.8 Å². The van der Waals surface area contributed by atoms with Crippen molar-refractivity contribution < 1.29 is 37.7 Å². The third-order valence-electron chi connectivity index (χ3n) is 5.34. The molecule has 1 saturated heterocycles. The number of nitrogens with one attached hydrogen (secondary N) is 1. The Morgan fingerprint density at radius 3 is 2.23 bits per heavy atom. The number of benzene rings is 1. The van der Waals surface area contributed by atoms with Crippen LogP contribution < -0.4 is 10.1 Å². The number of likely N-dealkylation sites (tertiary alicyclic amines) is 1. The molecule has 11 heteroatoms. The number of fused-ring (bicyclic) bond motifs is 2. The molecule has 2 heterocycles. The lowest BCUT2D eigenvalue weighted by atomic mass is 9.83. The van der Waals surface area contributed by atoms with E-state index in [1.807, 2.05) is 0 Å². The summed E-state index contributed by atoms with van der Waals surface area (Å²) in [6.07, 6.45) is -1.27. The SMILES string of the molecule is COc1cc(F)c2c(c1)C(=O)OC21CCN(/C(=N/C(=O)OC(C)(C)C)NC(=O)OC(C)(C)C)CC1. The highest BCUT2D eigenvalue weighted by atomic mass is 19.1. The van der Waals surface area contributed by atoms with Crippen LogP contribution in [-0.2, 0) is 19.8 Å². The van der Waals surface area contributed by atoms with Crippen molar-refractivity contribution >= 4 is 24.1 Å². The Bertz CT molecular complexity index is 1050. The molecule has 0 saturated carbocycles. The second kappa shape index (κ2) is 9.35. The van der Waals surface area contributed by atoms with Gasteiger partial charge in [0.1, 0.15) is 28.4 Å². The summed E-state index contributed by atoms with van der Waals surface area (Å²) in [5.41, 5.74) is -2.40. The van der Waals surface area contributed by atoms with Crippen molar-refractivity contribution in [2.75, 3.05) is 20.2 Å². The van der Waals surface area contributed by atoms with Crippen LogP contribution in [0.3, 0.4) is 0 Å². The maximum atomic E-state index is 15.0. The maximum absolute atomic E-state index is 15.0. The molecule has 192 valence electrons. The lowest BCUT2D eigenvalue weighted by Crippen LogP contribution is -2.52. The van der Waals surface area contributed by atoms with Crippen LogP contribution in [0.15, 0.2) is 17.1 Å². The molecule has 35 heavy (non-hydrogen) atoms. The van der Waals surface area contributed by atoms with Crippen LogP contribution in [0, 0.1) is 5.82 Å². The fraction of sp³-hybridized carbons (Fsp3) is 0.583. The molecule has 0 radical (unpaired) electrons. The highest BCUT2D eigenvalue weighted by Crippen LogP contribution is 2.46. The van der Waals surface area contributed by atoms with Gasteiger partial charge in [-0.3, -0.25) is 5.32 Å². The molecule has 1 aromatic carbocycles. The first kappa shape index (κ1) is 26.2. The molecule has 2 aliphatic rings. The minimum absolute atomic E-state index is 0.0666. The average molecular weight is 494 g/mol. The fourth-order valence-corrected chi connectivity index (χ4v) is 3.98. The van der Waals surface area contributed by atoms with Gasteiger partial charge in [-0.05, 0) is 47.6 Å². The summed E-state index contributed by atoms with van der Waals surface area (Å²) < 4.78 is 36.2. The predicted molar refractivity (Wildman–Crippen MR) is 124 cm³/mol. The van der Waals surface area contributed by atoms with E-state index < -0.39 is 40.8 Å². The molecule has 0 aliphatic carbocycles. The van der Waals surface area contributed by atoms with Gasteiger partial charge in [0.15, 0.2) is 0 Å². The molecule has 1 N–H and O–H groups in total. The van der Waals surface area contributed by atoms with Gasteiger partial charge in [0.2, 0.25) is 5.96 Å². The number of piperidine rings is 1. The number of aliphatic imine (C=N–C) groups is 1. The Labute approximate surface area is 203 Å². The first-order valence-corrected chi connectivity index (χ1v) is 11.3. The number of methoxy groups -OCH3 is 1. The first-order valence-electron chi connectivity index (χ1n) is 11.3. The maximum Gasteiger partial charge on any atom is 0.437 e. The first-order chi connectivity index (χ1) is 16.1. The molecule has 0 atom stereocenters. The highest BCUT2D eigenvalue weighted by molar-refractivity contribution is 5.99. The minimum atomic E-state index is -1.16. The van der Waals surface area contributed by atoms with E-state index in [0.29, 0.717) is 0 Å². The Morgan fingerprint density at radius 2 is 1.69 bits per heavy atom. The number of esters is 1. The van der Waals surface area contributed by atoms with Gasteiger partial charge in [-0.25, -0.2) is 18.8 Å². The van der Waals surface area contributed by atoms with Crippen LogP contribution in [0.1, 0.15) is 70.3 Å². The topological polar surface area (TPSA) is 116 Å². The molecular formula is C24H32FN3O7. The molecule has 0 bridgehead atoms. The van der Waals surface area contributed by atoms with Crippen LogP contribution in [0.5, 0.6) is 5.75 Å². The lowest BCUT2D eigenvalue weighted by molar-refractivity contribution is -0.0361. The lowest BCUT2D eigenvalue weighted by Gasteiger charge is -2.39. The molecule has 0 aromatic heterocycles. The largest absolute Gasteiger partial charge is 0.497 e. The Kier molecular flexibility index (Phi) is 7.01. The van der Waals surface area contributed by atoms with Gasteiger partial charge in [0, 0.05) is 37.6 Å². The number of amides is 2. The van der Waals surface area contributed by atoms with Crippen LogP contribution in [0.25, 0.3) is 0 Å². The van der Waals surface area contributed by atoms with E-state index in [9.17, 15) is 18.8 Å². The number of hydrogen-bond acceptors (Lipinski definition) is 7. The van der Waals surface area contributed by atoms with Gasteiger partial charge >= 0.3 is 18.2 Å². The van der Waals surface area contributed by atoms with E-state index in [-0.39, 0.29) is 48.8 Å². The van der Waals surface area contributed by atoms with Gasteiger partial charge in [-0.2, -0.15) is 0 Å². The van der Waals surface area contributed by atoms with Gasteiger partial charge in [0.05, 0.1) is 12.7 Å². The molecule has 2 aliphatic heterocycles. The highest BCUT2D eigenvalue weighted by Gasteiger charge is 2.50. The van der Waals surface area contributed by atoms with Gasteiger partial charge in [-0.1, -0.05) is 0 Å². The number of halogens is 1. The minimum Gasteiger partial charge on any atom is -0.497 e. The number of alkyl carbamates (subject to hydrolysis) is 1. The monoisotopic (exact) mass is 493 g/mol. The number of carbonyl (C=O) groups excluding carboxylic acids is 3. The number of ether oxygens (including phenoxy) is 4. The van der Waals surface area contributed by atoms with Crippen molar-refractivity contribution in [3.63, 3.8) is 0 Å². The average Bonchev–Trinajstić information content (AvgIpc) is 2.96. The van der Waals surface area contributed by atoms with Crippen molar-refractivity contribution in [3.8, 4) is 5.75 Å². The molecule has 2 amide bonds. The van der Waals surface area contributed by atoms with Crippen molar-refractivity contribution in [2.45, 2.75) is 71.2 Å². The Balaban J connectivity index is 1.84. The van der Waals surface area contributed by atoms with Crippen LogP contribution in [0.2, 0.25) is 0 Å². The van der Waals surface area contributed by atoms with Crippen LogP contribution in [-0.4, -0.2) is 60.4 Å². The van der Waals surface area contributed by atoms with Crippen LogP contribution >= 0.6 is 0 Å². The summed E-state index contributed by atoms with van der Waals surface area (Å²) in [6.45, 7) is 10.6. The summed E-state index contributed by atoms with van der Waals surface area (Å²) in [5, 5.41) is 2.51. The third-order valence-corrected chi connectivity index (χ3v) is 5.34. The second-order valence-corrected chi connectivity index (χ2v) is 10.4. The molecule has 1 aromatic rings. The Hall–Kier alpha value is -3.37. The van der Waals surface area contributed by atoms with E-state index in [1.165, 1.54) is 19.2 Å². The zero-order valence-corrected chi connectivity index (χ0v) is 21.1. The number of nitrogens with zero attached hydrogens (tertiary/aromatic N) is 2. The smallest absolute Gasteiger partial charge is 0.437 e. The van der Waals surface area contributed by atoms with E-state index in [4.69, 9.17) is 18.9 Å². The quantitative estimate of drug-likeness (QED) is 0.269. The fourth-order valence-electron chi connectivity index (χ4n) is 3.98. The third kappa shape index (κ3) is 6.20. The number of hydrogen-bond donors (Lipinski definition) is 1. The van der Waals surface area contributed by atoms with Crippen molar-refractivity contribution in [1.82, 2.24) is 10.2 Å². The summed E-state index contributed by atoms with van der Waals surface area (Å²) in [4.78, 5) is 42.9. The van der Waals surface area contributed by atoms with Gasteiger partial charge in [0.25, 0.3) is 0 Å². The van der Waals surface area contributed by atoms with E-state index in [0.717, 1.165) is 0 Å². The van der Waals surface area contributed by atoms with Crippen molar-refractivity contribution in [3.05, 3.63) is 29.1 Å². The number of guanidine groups is 1. The zero-order valence-electron chi connectivity index (χ0n) is 21.1. The zero-order chi connectivity index (χ0) is 26.2. The van der Waals surface area contributed by atoms with E-state index in [2.05, 4.69) is 10.3 Å². The molecule has 10 nitrogen and oxygen atoms in total. The normalized spacial score (nSPS) is 17.5. The van der Waals surface area contributed by atoms with Crippen LogP contribution in [0.4, 0.5) is 14.0 Å². The number of rotatable bonds is 1.